The number of ether oxygens (including phenoxy) is 1. The van der Waals surface area contributed by atoms with Gasteiger partial charge in [0.2, 0.25) is 5.91 Å². The zero-order chi connectivity index (χ0) is 17.7. The van der Waals surface area contributed by atoms with Crippen molar-refractivity contribution in [2.75, 3.05) is 17.4 Å². The van der Waals surface area contributed by atoms with E-state index >= 15 is 0 Å². The summed E-state index contributed by atoms with van der Waals surface area (Å²) in [7, 11) is 0. The number of anilines is 2. The molecule has 2 aromatic carbocycles. The number of hydrogen-bond donors (Lipinski definition) is 2. The molecule has 0 saturated heterocycles. The van der Waals surface area contributed by atoms with Gasteiger partial charge in [0.15, 0.2) is 6.73 Å². The Kier molecular flexibility index (Phi) is 5.89. The topological polar surface area (TPSA) is 84.7 Å². The van der Waals surface area contributed by atoms with Gasteiger partial charge in [-0.25, -0.2) is 9.69 Å². The van der Waals surface area contributed by atoms with E-state index in [0.717, 1.165) is 4.90 Å². The van der Waals surface area contributed by atoms with Crippen LogP contribution in [0.2, 0.25) is 10.0 Å². The monoisotopic (exact) mass is 367 g/mol. The lowest BCUT2D eigenvalue weighted by atomic mass is 10.2. The summed E-state index contributed by atoms with van der Waals surface area (Å²) in [6.45, 7) is 1.10. The normalized spacial score (nSPS) is 10.1. The fourth-order valence-corrected chi connectivity index (χ4v) is 2.42. The Morgan fingerprint density at radius 3 is 2.58 bits per heavy atom. The van der Waals surface area contributed by atoms with Crippen molar-refractivity contribution in [1.29, 1.82) is 0 Å². The molecular formula is C16H15Cl2N3O3. The molecule has 0 unspecified atom stereocenters. The van der Waals surface area contributed by atoms with Crippen LogP contribution in [0.4, 0.5) is 16.2 Å². The van der Waals surface area contributed by atoms with Crippen molar-refractivity contribution >= 4 is 46.5 Å². The molecule has 0 heterocycles. The number of nitrogens with two attached hydrogens (primary N) is 1. The SMILES string of the molecule is CC(=O)N(C(=O)NCOc1ccc(Cl)cc1Cl)c1cccc(N)c1. The van der Waals surface area contributed by atoms with Crippen molar-refractivity contribution in [2.24, 2.45) is 0 Å². The zero-order valence-corrected chi connectivity index (χ0v) is 14.3. The van der Waals surface area contributed by atoms with Crippen molar-refractivity contribution in [1.82, 2.24) is 5.32 Å². The maximum Gasteiger partial charge on any atom is 0.331 e. The first-order valence-electron chi connectivity index (χ1n) is 6.90. The van der Waals surface area contributed by atoms with Gasteiger partial charge in [0.25, 0.3) is 0 Å². The first-order chi connectivity index (χ1) is 11.4. The molecule has 0 aliphatic carbocycles. The van der Waals surface area contributed by atoms with Crippen LogP contribution < -0.4 is 20.7 Å². The smallest absolute Gasteiger partial charge is 0.331 e. The fraction of sp³-hybridized carbons (Fsp3) is 0.125. The van der Waals surface area contributed by atoms with Gasteiger partial charge in [0.1, 0.15) is 5.75 Å². The molecule has 0 saturated carbocycles. The molecule has 0 radical (unpaired) electrons. The molecule has 24 heavy (non-hydrogen) atoms. The largest absolute Gasteiger partial charge is 0.472 e. The lowest BCUT2D eigenvalue weighted by Gasteiger charge is -2.20. The molecule has 6 nitrogen and oxygen atoms in total. The quantitative estimate of drug-likeness (QED) is 0.637. The Labute approximate surface area is 149 Å². The van der Waals surface area contributed by atoms with Crippen LogP contribution in [-0.2, 0) is 4.79 Å². The van der Waals surface area contributed by atoms with E-state index in [1.165, 1.54) is 19.1 Å². The lowest BCUT2D eigenvalue weighted by Crippen LogP contribution is -2.44. The van der Waals surface area contributed by atoms with Crippen LogP contribution >= 0.6 is 23.2 Å². The Hall–Kier alpha value is -2.44. The Bertz CT molecular complexity index is 768. The van der Waals surface area contributed by atoms with Gasteiger partial charge in [0, 0.05) is 17.6 Å². The maximum atomic E-state index is 12.2. The summed E-state index contributed by atoms with van der Waals surface area (Å²) in [5, 5.41) is 3.27. The van der Waals surface area contributed by atoms with Gasteiger partial charge in [0.05, 0.1) is 10.7 Å². The van der Waals surface area contributed by atoms with Crippen molar-refractivity contribution in [3.05, 3.63) is 52.5 Å². The number of nitrogens with one attached hydrogen (secondary N) is 1. The highest BCUT2D eigenvalue weighted by Crippen LogP contribution is 2.27. The number of carbonyl (C=O) groups is 2. The number of imide groups is 1. The van der Waals surface area contributed by atoms with Crippen molar-refractivity contribution < 1.29 is 14.3 Å². The minimum atomic E-state index is -0.641. The van der Waals surface area contributed by atoms with Crippen LogP contribution in [0, 0.1) is 0 Å². The molecule has 0 atom stereocenters. The third-order valence-corrected chi connectivity index (χ3v) is 3.52. The summed E-state index contributed by atoms with van der Waals surface area (Å²) in [5.41, 5.74) is 6.49. The number of urea groups is 1. The third kappa shape index (κ3) is 4.53. The molecule has 3 amide bonds. The first kappa shape index (κ1) is 17.9. The molecule has 2 aromatic rings. The Morgan fingerprint density at radius 2 is 1.96 bits per heavy atom. The van der Waals surface area contributed by atoms with Gasteiger partial charge in [-0.2, -0.15) is 0 Å². The van der Waals surface area contributed by atoms with Crippen molar-refractivity contribution in [2.45, 2.75) is 6.92 Å². The number of rotatable bonds is 4. The van der Waals surface area contributed by atoms with Crippen LogP contribution in [0.5, 0.6) is 5.75 Å². The highest BCUT2D eigenvalue weighted by molar-refractivity contribution is 6.35. The molecule has 0 aliphatic rings. The Morgan fingerprint density at radius 1 is 1.21 bits per heavy atom. The van der Waals surface area contributed by atoms with Crippen LogP contribution in [0.3, 0.4) is 0 Å². The second-order valence-electron chi connectivity index (χ2n) is 4.79. The Balaban J connectivity index is 2.02. The van der Waals surface area contributed by atoms with E-state index in [1.54, 1.807) is 30.3 Å². The summed E-state index contributed by atoms with van der Waals surface area (Å²) >= 11 is 11.8. The van der Waals surface area contributed by atoms with Gasteiger partial charge in [-0.3, -0.25) is 4.79 Å². The fourth-order valence-electron chi connectivity index (χ4n) is 1.95. The average molecular weight is 368 g/mol. The number of nitrogens with zero attached hydrogens (tertiary/aromatic N) is 1. The van der Waals surface area contributed by atoms with E-state index in [9.17, 15) is 9.59 Å². The van der Waals surface area contributed by atoms with Gasteiger partial charge >= 0.3 is 6.03 Å². The predicted molar refractivity (Wildman–Crippen MR) is 94.5 cm³/mol. The number of hydrogen-bond acceptors (Lipinski definition) is 4. The summed E-state index contributed by atoms with van der Waals surface area (Å²) < 4.78 is 5.37. The molecule has 2 rings (SSSR count). The number of amides is 3. The van der Waals surface area contributed by atoms with E-state index in [0.29, 0.717) is 27.2 Å². The number of carbonyl (C=O) groups excluding carboxylic acids is 2. The highest BCUT2D eigenvalue weighted by Gasteiger charge is 2.20. The molecule has 8 heteroatoms. The minimum Gasteiger partial charge on any atom is -0.472 e. The summed E-state index contributed by atoms with van der Waals surface area (Å²) in [5.74, 6) is -0.0951. The third-order valence-electron chi connectivity index (χ3n) is 2.99. The van der Waals surface area contributed by atoms with Crippen molar-refractivity contribution in [3.8, 4) is 5.75 Å². The number of halogens is 2. The standard InChI is InChI=1S/C16H15Cl2N3O3/c1-10(22)21(13-4-2-3-12(19)8-13)16(23)20-9-24-15-6-5-11(17)7-14(15)18/h2-8H,9,19H2,1H3,(H,20,23). The lowest BCUT2D eigenvalue weighted by molar-refractivity contribution is -0.115. The minimum absolute atomic E-state index is 0.174. The van der Waals surface area contributed by atoms with Gasteiger partial charge in [-0.15, -0.1) is 0 Å². The summed E-state index contributed by atoms with van der Waals surface area (Å²) in [6, 6.07) is 10.5. The molecule has 0 bridgehead atoms. The summed E-state index contributed by atoms with van der Waals surface area (Å²) in [4.78, 5) is 25.0. The second kappa shape index (κ2) is 7.90. The van der Waals surface area contributed by atoms with E-state index < -0.39 is 11.9 Å². The molecule has 0 aromatic heterocycles. The van der Waals surface area contributed by atoms with Gasteiger partial charge < -0.3 is 15.8 Å². The molecular weight excluding hydrogens is 353 g/mol. The van der Waals surface area contributed by atoms with Gasteiger partial charge in [-0.1, -0.05) is 29.3 Å². The summed E-state index contributed by atoms with van der Waals surface area (Å²) in [6.07, 6.45) is 0. The molecule has 0 spiro atoms. The average Bonchev–Trinajstić information content (AvgIpc) is 2.49. The number of benzene rings is 2. The number of nitrogen functional groups attached to an aromatic ring is 1. The van der Waals surface area contributed by atoms with E-state index in [2.05, 4.69) is 5.32 Å². The zero-order valence-electron chi connectivity index (χ0n) is 12.8. The van der Waals surface area contributed by atoms with Crippen LogP contribution in [-0.4, -0.2) is 18.7 Å². The highest BCUT2D eigenvalue weighted by atomic mass is 35.5. The van der Waals surface area contributed by atoms with E-state index in [4.69, 9.17) is 33.7 Å². The molecule has 3 N–H and O–H groups in total. The van der Waals surface area contributed by atoms with Crippen molar-refractivity contribution in [3.63, 3.8) is 0 Å². The van der Waals surface area contributed by atoms with Crippen LogP contribution in [0.25, 0.3) is 0 Å². The molecule has 126 valence electrons. The van der Waals surface area contributed by atoms with E-state index in [1.807, 2.05) is 0 Å². The van der Waals surface area contributed by atoms with Crippen LogP contribution in [0.15, 0.2) is 42.5 Å². The molecule has 0 fully saturated rings. The predicted octanol–water partition coefficient (Wildman–Crippen LogP) is 3.67. The second-order valence-corrected chi connectivity index (χ2v) is 5.64. The maximum absolute atomic E-state index is 12.2. The molecule has 0 aliphatic heterocycles. The van der Waals surface area contributed by atoms with Gasteiger partial charge in [-0.05, 0) is 36.4 Å². The van der Waals surface area contributed by atoms with Crippen LogP contribution in [0.1, 0.15) is 6.92 Å². The van der Waals surface area contributed by atoms with E-state index in [-0.39, 0.29) is 6.73 Å². The first-order valence-corrected chi connectivity index (χ1v) is 7.66.